The molecule has 0 atom stereocenters. The molecule has 3 N–H and O–H groups in total. The Balaban J connectivity index is 1.76. The Bertz CT molecular complexity index is 1160. The third-order valence-corrected chi connectivity index (χ3v) is 4.49. The second-order valence-electron chi connectivity index (χ2n) is 6.63. The molecule has 1 aromatic carbocycles. The Morgan fingerprint density at radius 3 is 2.60 bits per heavy atom. The highest BCUT2D eigenvalue weighted by atomic mass is 16.5. The van der Waals surface area contributed by atoms with E-state index in [1.54, 1.807) is 39.0 Å². The van der Waals surface area contributed by atoms with E-state index in [0.717, 1.165) is 5.56 Å². The van der Waals surface area contributed by atoms with E-state index >= 15 is 0 Å². The summed E-state index contributed by atoms with van der Waals surface area (Å²) >= 11 is 0. The van der Waals surface area contributed by atoms with Gasteiger partial charge >= 0.3 is 11.8 Å². The van der Waals surface area contributed by atoms with Gasteiger partial charge in [0.15, 0.2) is 0 Å². The third-order valence-electron chi connectivity index (χ3n) is 4.49. The van der Waals surface area contributed by atoms with Crippen LogP contribution in [0, 0.1) is 20.8 Å². The Morgan fingerprint density at radius 1 is 1.17 bits per heavy atom. The molecule has 2 heterocycles. The molecular weight excluding hydrogens is 388 g/mol. The second-order valence-corrected chi connectivity index (χ2v) is 6.63. The molecule has 0 radical (unpaired) electrons. The fraction of sp³-hybridized carbons (Fsp3) is 0.250. The number of aromatic nitrogens is 4. The molecule has 0 aliphatic heterocycles. The molecule has 0 spiro atoms. The average Bonchev–Trinajstić information content (AvgIpc) is 3.09. The maximum absolute atomic E-state index is 12.4. The van der Waals surface area contributed by atoms with E-state index < -0.39 is 11.8 Å². The summed E-state index contributed by atoms with van der Waals surface area (Å²) in [5.41, 5.74) is 2.02. The van der Waals surface area contributed by atoms with Gasteiger partial charge in [-0.1, -0.05) is 18.2 Å². The molecule has 10 nitrogen and oxygen atoms in total. The van der Waals surface area contributed by atoms with Crippen LogP contribution >= 0.6 is 0 Å². The summed E-state index contributed by atoms with van der Waals surface area (Å²) in [7, 11) is 1.53. The van der Waals surface area contributed by atoms with Crippen molar-refractivity contribution in [1.29, 1.82) is 0 Å². The van der Waals surface area contributed by atoms with Crippen LogP contribution in [0.2, 0.25) is 0 Å². The zero-order valence-corrected chi connectivity index (χ0v) is 17.1. The van der Waals surface area contributed by atoms with Gasteiger partial charge in [-0.15, -0.1) is 0 Å². The molecule has 156 valence electrons. The lowest BCUT2D eigenvalue weighted by molar-refractivity contribution is -0.136. The number of ether oxygens (including phenoxy) is 1. The van der Waals surface area contributed by atoms with Gasteiger partial charge in [0.05, 0.1) is 12.8 Å². The fourth-order valence-electron chi connectivity index (χ4n) is 2.76. The first-order valence-corrected chi connectivity index (χ1v) is 9.15. The number of amides is 2. The van der Waals surface area contributed by atoms with Crippen molar-refractivity contribution in [2.75, 3.05) is 12.4 Å². The number of benzene rings is 1. The molecule has 2 aromatic heterocycles. The molecule has 30 heavy (non-hydrogen) atoms. The summed E-state index contributed by atoms with van der Waals surface area (Å²) in [4.78, 5) is 43.6. The van der Waals surface area contributed by atoms with Crippen LogP contribution in [0.15, 0.2) is 35.1 Å². The standard InChI is InChI=1S/C20H22N6O4/c1-11-9-16(26(25-11)20-22-13(3)12(2)17(27)24-20)23-19(29)18(28)21-10-14-7-5-6-8-15(14)30-4/h5-9H,10H2,1-4H3,(H,21,28)(H,23,29)(H,22,24,27). The molecule has 0 saturated heterocycles. The van der Waals surface area contributed by atoms with Crippen LogP contribution in [-0.4, -0.2) is 38.7 Å². The Morgan fingerprint density at radius 2 is 1.90 bits per heavy atom. The minimum Gasteiger partial charge on any atom is -0.496 e. The van der Waals surface area contributed by atoms with E-state index in [9.17, 15) is 14.4 Å². The number of rotatable bonds is 5. The zero-order chi connectivity index (χ0) is 21.8. The van der Waals surface area contributed by atoms with E-state index in [2.05, 4.69) is 25.7 Å². The lowest BCUT2D eigenvalue weighted by Gasteiger charge is -2.11. The van der Waals surface area contributed by atoms with Crippen molar-refractivity contribution in [2.24, 2.45) is 0 Å². The molecule has 0 unspecified atom stereocenters. The van der Waals surface area contributed by atoms with Crippen LogP contribution in [-0.2, 0) is 16.1 Å². The van der Waals surface area contributed by atoms with Crippen LogP contribution in [0.25, 0.3) is 5.95 Å². The van der Waals surface area contributed by atoms with Crippen molar-refractivity contribution in [1.82, 2.24) is 25.1 Å². The number of aryl methyl sites for hydroxylation is 2. The Labute approximate surface area is 172 Å². The molecule has 3 rings (SSSR count). The fourth-order valence-corrected chi connectivity index (χ4v) is 2.76. The monoisotopic (exact) mass is 410 g/mol. The number of anilines is 1. The largest absolute Gasteiger partial charge is 0.496 e. The SMILES string of the molecule is COc1ccccc1CNC(=O)C(=O)Nc1cc(C)nn1-c1nc(C)c(C)c(=O)[nH]1. The van der Waals surface area contributed by atoms with Gasteiger partial charge in [0.2, 0.25) is 5.95 Å². The Kier molecular flexibility index (Phi) is 5.95. The van der Waals surface area contributed by atoms with Gasteiger partial charge in [0, 0.05) is 29.4 Å². The highest BCUT2D eigenvalue weighted by Crippen LogP contribution is 2.17. The van der Waals surface area contributed by atoms with Crippen molar-refractivity contribution in [3.8, 4) is 11.7 Å². The van der Waals surface area contributed by atoms with Crippen molar-refractivity contribution in [2.45, 2.75) is 27.3 Å². The molecule has 0 aliphatic carbocycles. The maximum Gasteiger partial charge on any atom is 0.314 e. The molecule has 0 fully saturated rings. The molecule has 0 bridgehead atoms. The maximum atomic E-state index is 12.4. The molecule has 3 aromatic rings. The molecule has 2 amide bonds. The van der Waals surface area contributed by atoms with Gasteiger partial charge in [-0.05, 0) is 26.8 Å². The summed E-state index contributed by atoms with van der Waals surface area (Å²) in [6, 6.07) is 8.74. The zero-order valence-electron chi connectivity index (χ0n) is 17.1. The first-order chi connectivity index (χ1) is 14.3. The van der Waals surface area contributed by atoms with E-state index in [1.807, 2.05) is 12.1 Å². The number of aromatic amines is 1. The van der Waals surface area contributed by atoms with Crippen LogP contribution in [0.3, 0.4) is 0 Å². The van der Waals surface area contributed by atoms with Gasteiger partial charge in [0.1, 0.15) is 11.6 Å². The number of nitrogens with zero attached hydrogens (tertiary/aromatic N) is 3. The molecule has 0 saturated carbocycles. The Hall–Kier alpha value is -3.95. The predicted molar refractivity (Wildman–Crippen MR) is 110 cm³/mol. The number of para-hydroxylation sites is 1. The van der Waals surface area contributed by atoms with Crippen LogP contribution in [0.4, 0.5) is 5.82 Å². The summed E-state index contributed by atoms with van der Waals surface area (Å²) in [5.74, 6) is -0.751. The second kappa shape index (κ2) is 8.60. The molecular formula is C20H22N6O4. The number of methoxy groups -OCH3 is 1. The van der Waals surface area contributed by atoms with Crippen LogP contribution in [0.5, 0.6) is 5.75 Å². The van der Waals surface area contributed by atoms with Crippen molar-refractivity contribution in [3.63, 3.8) is 0 Å². The minimum absolute atomic E-state index is 0.126. The number of carbonyl (C=O) groups excluding carboxylic acids is 2. The van der Waals surface area contributed by atoms with Gasteiger partial charge in [0.25, 0.3) is 5.56 Å². The molecule has 10 heteroatoms. The third kappa shape index (κ3) is 4.37. The van der Waals surface area contributed by atoms with Gasteiger partial charge in [-0.25, -0.2) is 4.98 Å². The summed E-state index contributed by atoms with van der Waals surface area (Å²) in [6.07, 6.45) is 0. The number of carbonyl (C=O) groups is 2. The number of nitrogens with one attached hydrogen (secondary N) is 3. The number of H-pyrrole nitrogens is 1. The molecule has 0 aliphatic rings. The quantitative estimate of drug-likeness (QED) is 0.541. The van der Waals surface area contributed by atoms with Crippen molar-refractivity contribution >= 4 is 17.6 Å². The van der Waals surface area contributed by atoms with E-state index in [-0.39, 0.29) is 23.9 Å². The van der Waals surface area contributed by atoms with E-state index in [1.165, 1.54) is 11.8 Å². The lowest BCUT2D eigenvalue weighted by atomic mass is 10.2. The summed E-state index contributed by atoms with van der Waals surface area (Å²) in [5, 5.41) is 9.30. The van der Waals surface area contributed by atoms with Crippen molar-refractivity contribution < 1.29 is 14.3 Å². The summed E-state index contributed by atoms with van der Waals surface area (Å²) < 4.78 is 6.50. The van der Waals surface area contributed by atoms with Gasteiger partial charge in [-0.3, -0.25) is 19.4 Å². The number of hydrogen-bond acceptors (Lipinski definition) is 6. The smallest absolute Gasteiger partial charge is 0.314 e. The van der Waals surface area contributed by atoms with E-state index in [4.69, 9.17) is 4.74 Å². The van der Waals surface area contributed by atoms with Gasteiger partial charge < -0.3 is 15.4 Å². The highest BCUT2D eigenvalue weighted by molar-refractivity contribution is 6.39. The average molecular weight is 410 g/mol. The van der Waals surface area contributed by atoms with Crippen LogP contribution in [0.1, 0.15) is 22.5 Å². The predicted octanol–water partition coefficient (Wildman–Crippen LogP) is 1.14. The normalized spacial score (nSPS) is 10.5. The minimum atomic E-state index is -0.878. The van der Waals surface area contributed by atoms with Gasteiger partial charge in [-0.2, -0.15) is 9.78 Å². The first kappa shape index (κ1) is 20.8. The van der Waals surface area contributed by atoms with E-state index in [0.29, 0.717) is 22.7 Å². The number of hydrogen-bond donors (Lipinski definition) is 3. The summed E-state index contributed by atoms with van der Waals surface area (Å²) in [6.45, 7) is 5.20. The highest BCUT2D eigenvalue weighted by Gasteiger charge is 2.19. The lowest BCUT2D eigenvalue weighted by Crippen LogP contribution is -2.35. The topological polar surface area (TPSA) is 131 Å². The van der Waals surface area contributed by atoms with Crippen LogP contribution < -0.4 is 20.9 Å². The first-order valence-electron chi connectivity index (χ1n) is 9.15. The van der Waals surface area contributed by atoms with Crippen molar-refractivity contribution in [3.05, 3.63) is 63.2 Å².